The van der Waals surface area contributed by atoms with Gasteiger partial charge in [0.1, 0.15) is 0 Å². The molecule has 8 nitrogen and oxygen atoms in total. The fourth-order valence-corrected chi connectivity index (χ4v) is 2.64. The van der Waals surface area contributed by atoms with Crippen LogP contribution in [0.4, 0.5) is 0 Å². The molecule has 0 radical (unpaired) electrons. The van der Waals surface area contributed by atoms with Gasteiger partial charge in [0, 0.05) is 52.4 Å². The first-order valence-corrected chi connectivity index (χ1v) is 8.19. The molecule has 24 heavy (non-hydrogen) atoms. The molecule has 2 fully saturated rings. The Labute approximate surface area is 140 Å². The molecule has 0 saturated carbocycles. The molecule has 0 aliphatic carbocycles. The predicted molar refractivity (Wildman–Crippen MR) is 86.2 cm³/mol. The van der Waals surface area contributed by atoms with Crippen LogP contribution in [0.15, 0.2) is 24.3 Å². The summed E-state index contributed by atoms with van der Waals surface area (Å²) in [5.74, 6) is -1.07. The van der Waals surface area contributed by atoms with Crippen LogP contribution in [-0.2, 0) is 9.68 Å². The summed E-state index contributed by atoms with van der Waals surface area (Å²) < 4.78 is 0. The molecule has 2 aliphatic rings. The first-order chi connectivity index (χ1) is 11.7. The number of hydrogen-bond acceptors (Lipinski definition) is 8. The van der Waals surface area contributed by atoms with Crippen molar-refractivity contribution < 1.29 is 19.3 Å². The molecule has 1 aromatic rings. The van der Waals surface area contributed by atoms with E-state index in [1.54, 1.807) is 34.4 Å². The zero-order valence-electron chi connectivity index (χ0n) is 13.5. The largest absolute Gasteiger partial charge is 0.364 e. The number of carbonyl (C=O) groups is 2. The Morgan fingerprint density at radius 1 is 0.750 bits per heavy atom. The van der Waals surface area contributed by atoms with Gasteiger partial charge < -0.3 is 20.3 Å². The molecule has 2 saturated heterocycles. The van der Waals surface area contributed by atoms with E-state index in [-0.39, 0.29) is 11.1 Å². The molecule has 0 unspecified atom stereocenters. The third-order valence-corrected chi connectivity index (χ3v) is 3.94. The monoisotopic (exact) mass is 334 g/mol. The van der Waals surface area contributed by atoms with E-state index in [1.807, 2.05) is 0 Å². The average Bonchev–Trinajstić information content (AvgIpc) is 2.63. The fourth-order valence-electron chi connectivity index (χ4n) is 2.64. The van der Waals surface area contributed by atoms with Crippen molar-refractivity contribution in [2.75, 3.05) is 52.4 Å². The summed E-state index contributed by atoms with van der Waals surface area (Å²) in [6.07, 6.45) is 0. The van der Waals surface area contributed by atoms with Gasteiger partial charge >= 0.3 is 11.9 Å². The van der Waals surface area contributed by atoms with Crippen LogP contribution in [0.5, 0.6) is 0 Å². The van der Waals surface area contributed by atoms with Crippen molar-refractivity contribution >= 4 is 11.9 Å². The first-order valence-electron chi connectivity index (χ1n) is 8.19. The normalized spacial score (nSPS) is 19.7. The molecule has 1 aromatic carbocycles. The minimum atomic E-state index is -0.537. The number of hydroxylamine groups is 4. The highest BCUT2D eigenvalue weighted by molar-refractivity contribution is 6.02. The fraction of sp³-hybridized carbons (Fsp3) is 0.500. The summed E-state index contributed by atoms with van der Waals surface area (Å²) in [6.45, 7) is 5.55. The molecule has 0 bridgehead atoms. The van der Waals surface area contributed by atoms with Crippen molar-refractivity contribution in [2.24, 2.45) is 0 Å². The van der Waals surface area contributed by atoms with Crippen LogP contribution in [0.25, 0.3) is 0 Å². The van der Waals surface area contributed by atoms with E-state index < -0.39 is 11.9 Å². The molecule has 0 atom stereocenters. The van der Waals surface area contributed by atoms with Gasteiger partial charge in [0.05, 0.1) is 11.1 Å². The number of piperazine rings is 2. The average molecular weight is 334 g/mol. The lowest BCUT2D eigenvalue weighted by Gasteiger charge is -2.26. The van der Waals surface area contributed by atoms with Gasteiger partial charge in [0.2, 0.25) is 0 Å². The molecular weight excluding hydrogens is 312 g/mol. The number of benzene rings is 1. The first kappa shape index (κ1) is 16.8. The van der Waals surface area contributed by atoms with Gasteiger partial charge in [-0.25, -0.2) is 9.59 Å². The lowest BCUT2D eigenvalue weighted by Crippen LogP contribution is -2.45. The topological polar surface area (TPSA) is 83.1 Å². The zero-order valence-corrected chi connectivity index (χ0v) is 13.5. The molecule has 2 heterocycles. The van der Waals surface area contributed by atoms with Crippen LogP contribution >= 0.6 is 0 Å². The maximum Gasteiger partial charge on any atom is 0.357 e. The third-order valence-electron chi connectivity index (χ3n) is 3.94. The highest BCUT2D eigenvalue weighted by Crippen LogP contribution is 2.14. The Balaban J connectivity index is 1.67. The van der Waals surface area contributed by atoms with E-state index in [2.05, 4.69) is 10.6 Å². The van der Waals surface area contributed by atoms with E-state index in [4.69, 9.17) is 9.68 Å². The van der Waals surface area contributed by atoms with Gasteiger partial charge in [-0.05, 0) is 12.1 Å². The van der Waals surface area contributed by atoms with E-state index >= 15 is 0 Å². The van der Waals surface area contributed by atoms with Gasteiger partial charge in [-0.2, -0.15) is 0 Å². The lowest BCUT2D eigenvalue weighted by molar-refractivity contribution is -0.118. The summed E-state index contributed by atoms with van der Waals surface area (Å²) >= 11 is 0. The minimum absolute atomic E-state index is 0.219. The van der Waals surface area contributed by atoms with Crippen LogP contribution in [0.3, 0.4) is 0 Å². The molecular formula is C16H22N4O4. The number of rotatable bonds is 4. The van der Waals surface area contributed by atoms with E-state index in [9.17, 15) is 9.59 Å². The maximum absolute atomic E-state index is 12.4. The van der Waals surface area contributed by atoms with E-state index in [0.717, 1.165) is 26.2 Å². The molecule has 2 N–H and O–H groups in total. The summed E-state index contributed by atoms with van der Waals surface area (Å²) in [4.78, 5) is 35.6. The van der Waals surface area contributed by atoms with Gasteiger partial charge in [-0.3, -0.25) is 0 Å². The van der Waals surface area contributed by atoms with Gasteiger partial charge in [0.25, 0.3) is 0 Å². The Morgan fingerprint density at radius 2 is 1.12 bits per heavy atom. The van der Waals surface area contributed by atoms with Gasteiger partial charge in [-0.1, -0.05) is 12.1 Å². The van der Waals surface area contributed by atoms with Crippen LogP contribution in [0.1, 0.15) is 20.7 Å². The van der Waals surface area contributed by atoms with Crippen LogP contribution in [0, 0.1) is 0 Å². The molecule has 130 valence electrons. The Morgan fingerprint density at radius 3 is 1.50 bits per heavy atom. The van der Waals surface area contributed by atoms with Crippen molar-refractivity contribution in [1.82, 2.24) is 20.8 Å². The second-order valence-corrected chi connectivity index (χ2v) is 5.66. The Hall–Kier alpha value is -2.00. The van der Waals surface area contributed by atoms with Crippen LogP contribution < -0.4 is 10.6 Å². The summed E-state index contributed by atoms with van der Waals surface area (Å²) in [6, 6.07) is 6.57. The Kier molecular flexibility index (Phi) is 5.76. The standard InChI is InChI=1S/C16H22N4O4/c21-15(23-19-9-5-17-6-10-19)13-3-1-2-4-14(13)16(22)24-20-11-7-18-8-12-20/h1-4,17-18H,5-12H2. The molecule has 0 aromatic heterocycles. The highest BCUT2D eigenvalue weighted by Gasteiger charge is 2.24. The van der Waals surface area contributed by atoms with Crippen molar-refractivity contribution in [3.8, 4) is 0 Å². The second-order valence-electron chi connectivity index (χ2n) is 5.66. The van der Waals surface area contributed by atoms with Crippen LogP contribution in [-0.4, -0.2) is 74.4 Å². The smallest absolute Gasteiger partial charge is 0.357 e. The van der Waals surface area contributed by atoms with Crippen molar-refractivity contribution in [3.63, 3.8) is 0 Å². The SMILES string of the molecule is O=C(ON1CCNCC1)c1ccccc1C(=O)ON1CCNCC1. The number of nitrogens with one attached hydrogen (secondary N) is 2. The molecule has 8 heteroatoms. The Bertz CT molecular complexity index is 532. The third kappa shape index (κ3) is 4.30. The molecule has 0 amide bonds. The number of carbonyl (C=O) groups excluding carboxylic acids is 2. The summed E-state index contributed by atoms with van der Waals surface area (Å²) in [5, 5.41) is 9.59. The van der Waals surface area contributed by atoms with Crippen LogP contribution in [0.2, 0.25) is 0 Å². The van der Waals surface area contributed by atoms with Crippen molar-refractivity contribution in [1.29, 1.82) is 0 Å². The van der Waals surface area contributed by atoms with Crippen molar-refractivity contribution in [2.45, 2.75) is 0 Å². The zero-order chi connectivity index (χ0) is 16.8. The maximum atomic E-state index is 12.4. The van der Waals surface area contributed by atoms with Gasteiger partial charge in [-0.15, -0.1) is 10.1 Å². The molecule has 2 aliphatic heterocycles. The lowest BCUT2D eigenvalue weighted by atomic mass is 10.1. The summed E-state index contributed by atoms with van der Waals surface area (Å²) in [5.41, 5.74) is 0.437. The van der Waals surface area contributed by atoms with E-state index in [0.29, 0.717) is 26.2 Å². The minimum Gasteiger partial charge on any atom is -0.364 e. The number of hydrogen-bond donors (Lipinski definition) is 2. The second kappa shape index (κ2) is 8.20. The molecule has 0 spiro atoms. The van der Waals surface area contributed by atoms with Gasteiger partial charge in [0.15, 0.2) is 0 Å². The number of nitrogens with zero attached hydrogens (tertiary/aromatic N) is 2. The highest BCUT2D eigenvalue weighted by atomic mass is 16.7. The summed E-state index contributed by atoms with van der Waals surface area (Å²) in [7, 11) is 0. The van der Waals surface area contributed by atoms with E-state index in [1.165, 1.54) is 0 Å². The quantitative estimate of drug-likeness (QED) is 0.773. The van der Waals surface area contributed by atoms with Crippen molar-refractivity contribution in [3.05, 3.63) is 35.4 Å². The predicted octanol–water partition coefficient (Wildman–Crippen LogP) is -0.359. The molecule has 3 rings (SSSR count).